The molecule has 4 rings (SSSR count). The third-order valence-electron chi connectivity index (χ3n) is 6.39. The first-order valence-corrected chi connectivity index (χ1v) is 12.4. The van der Waals surface area contributed by atoms with Crippen molar-refractivity contribution < 1.29 is 19.1 Å². The number of nitrogens with zero attached hydrogens (tertiary/aromatic N) is 5. The first kappa shape index (κ1) is 25.0. The van der Waals surface area contributed by atoms with Gasteiger partial charge in [-0.1, -0.05) is 0 Å². The third kappa shape index (κ3) is 6.11. The molecule has 0 saturated carbocycles. The number of hydrogen-bond donors (Lipinski definition) is 1. The largest absolute Gasteiger partial charge is 0.460 e. The van der Waals surface area contributed by atoms with E-state index < -0.39 is 11.6 Å². The van der Waals surface area contributed by atoms with Crippen LogP contribution in [0.25, 0.3) is 10.9 Å². The average molecular weight is 485 g/mol. The van der Waals surface area contributed by atoms with Gasteiger partial charge in [0.1, 0.15) is 5.60 Å². The Kier molecular flexibility index (Phi) is 7.30. The summed E-state index contributed by atoms with van der Waals surface area (Å²) in [4.78, 5) is 42.0. The van der Waals surface area contributed by atoms with Crippen LogP contribution in [0.2, 0.25) is 0 Å². The lowest BCUT2D eigenvalue weighted by Gasteiger charge is -2.36. The molecule has 10 nitrogen and oxygen atoms in total. The van der Waals surface area contributed by atoms with E-state index in [0.29, 0.717) is 18.8 Å². The normalized spacial score (nSPS) is 17.7. The van der Waals surface area contributed by atoms with Crippen LogP contribution in [0.4, 0.5) is 16.3 Å². The molecule has 2 aromatic rings. The van der Waals surface area contributed by atoms with Crippen molar-refractivity contribution in [2.45, 2.75) is 52.1 Å². The Morgan fingerprint density at radius 1 is 1.09 bits per heavy atom. The van der Waals surface area contributed by atoms with Gasteiger partial charge in [0.05, 0.1) is 5.52 Å². The number of nitrogens with one attached hydrogen (secondary N) is 1. The second-order valence-electron chi connectivity index (χ2n) is 10.3. The summed E-state index contributed by atoms with van der Waals surface area (Å²) in [5, 5.41) is 7.83. The quantitative estimate of drug-likeness (QED) is 0.476. The molecule has 0 aliphatic carbocycles. The van der Waals surface area contributed by atoms with Gasteiger partial charge in [-0.3, -0.25) is 29.4 Å². The van der Waals surface area contributed by atoms with Crippen LogP contribution in [-0.2, 0) is 21.4 Å². The Hall–Kier alpha value is -3.14. The summed E-state index contributed by atoms with van der Waals surface area (Å²) < 4.78 is 7.17. The van der Waals surface area contributed by atoms with Crippen molar-refractivity contribution in [3.8, 4) is 0 Å². The van der Waals surface area contributed by atoms with Crippen molar-refractivity contribution in [3.05, 3.63) is 18.2 Å². The standard InChI is InChI=1S/C25H36N6O4/c1-25(2,3)35-22(33)7-5-6-11-29-13-15-30(16-14-29)18-8-9-19-20(17-18)28(4)27-23(19)31-12-10-21(32)26-24(31)34/h8-9,17H,5-7,10-16H2,1-4H3,(H,26,32,34). The van der Waals surface area contributed by atoms with Crippen LogP contribution >= 0.6 is 0 Å². The fourth-order valence-corrected chi connectivity index (χ4v) is 4.62. The summed E-state index contributed by atoms with van der Waals surface area (Å²) >= 11 is 0. The predicted molar refractivity (Wildman–Crippen MR) is 135 cm³/mol. The van der Waals surface area contributed by atoms with Gasteiger partial charge in [0.2, 0.25) is 5.91 Å². The van der Waals surface area contributed by atoms with Gasteiger partial charge in [0.25, 0.3) is 0 Å². The molecular weight excluding hydrogens is 448 g/mol. The molecule has 190 valence electrons. The van der Waals surface area contributed by atoms with Crippen molar-refractivity contribution in [2.24, 2.45) is 7.05 Å². The number of benzene rings is 1. The number of piperazine rings is 1. The molecule has 2 aliphatic rings. The second kappa shape index (κ2) is 10.2. The number of carbonyl (C=O) groups is 3. The zero-order valence-corrected chi connectivity index (χ0v) is 21.2. The maximum Gasteiger partial charge on any atom is 0.329 e. The average Bonchev–Trinajstić information content (AvgIpc) is 3.11. The summed E-state index contributed by atoms with van der Waals surface area (Å²) in [7, 11) is 1.87. The molecule has 1 aromatic carbocycles. The summed E-state index contributed by atoms with van der Waals surface area (Å²) in [5.41, 5.74) is 1.66. The smallest absolute Gasteiger partial charge is 0.329 e. The van der Waals surface area contributed by atoms with Crippen molar-refractivity contribution >= 4 is 40.3 Å². The van der Waals surface area contributed by atoms with Gasteiger partial charge < -0.3 is 9.64 Å². The van der Waals surface area contributed by atoms with Crippen molar-refractivity contribution in [1.29, 1.82) is 0 Å². The molecule has 0 bridgehead atoms. The van der Waals surface area contributed by atoms with Gasteiger partial charge in [-0.25, -0.2) is 4.79 Å². The maximum atomic E-state index is 12.3. The molecule has 10 heteroatoms. The minimum absolute atomic E-state index is 0.120. The molecule has 0 radical (unpaired) electrons. The number of hydrogen-bond acceptors (Lipinski definition) is 7. The molecule has 2 saturated heterocycles. The van der Waals surface area contributed by atoms with Crippen LogP contribution in [0.15, 0.2) is 18.2 Å². The first-order chi connectivity index (χ1) is 16.6. The van der Waals surface area contributed by atoms with E-state index in [1.807, 2.05) is 33.9 Å². The maximum absolute atomic E-state index is 12.3. The molecule has 0 unspecified atom stereocenters. The highest BCUT2D eigenvalue weighted by Gasteiger charge is 2.28. The number of rotatable bonds is 7. The first-order valence-electron chi connectivity index (χ1n) is 12.4. The number of aryl methyl sites for hydroxylation is 1. The van der Waals surface area contributed by atoms with Crippen LogP contribution in [0, 0.1) is 0 Å². The van der Waals surface area contributed by atoms with E-state index in [0.717, 1.165) is 62.2 Å². The predicted octanol–water partition coefficient (Wildman–Crippen LogP) is 2.65. The van der Waals surface area contributed by atoms with Crippen LogP contribution < -0.4 is 15.1 Å². The van der Waals surface area contributed by atoms with Gasteiger partial charge in [0, 0.05) is 63.7 Å². The summed E-state index contributed by atoms with van der Waals surface area (Å²) in [6.45, 7) is 10.8. The highest BCUT2D eigenvalue weighted by atomic mass is 16.6. The summed E-state index contributed by atoms with van der Waals surface area (Å²) in [5.74, 6) is 0.205. The number of imide groups is 1. The van der Waals surface area contributed by atoms with Crippen molar-refractivity contribution in [1.82, 2.24) is 20.0 Å². The zero-order valence-electron chi connectivity index (χ0n) is 21.2. The fourth-order valence-electron chi connectivity index (χ4n) is 4.62. The minimum atomic E-state index is -0.424. The number of esters is 1. The number of anilines is 2. The SMILES string of the molecule is Cn1nc(N2CCC(=O)NC2=O)c2ccc(N3CCN(CCCCC(=O)OC(C)(C)C)CC3)cc21. The Morgan fingerprint density at radius 3 is 2.51 bits per heavy atom. The topological polar surface area (TPSA) is 100 Å². The highest BCUT2D eigenvalue weighted by Crippen LogP contribution is 2.30. The molecule has 3 amide bonds. The molecule has 2 aliphatic heterocycles. The fraction of sp³-hybridized carbons (Fsp3) is 0.600. The van der Waals surface area contributed by atoms with Gasteiger partial charge in [0.15, 0.2) is 5.82 Å². The Bertz CT molecular complexity index is 1100. The van der Waals surface area contributed by atoms with Crippen LogP contribution in [0.1, 0.15) is 46.5 Å². The van der Waals surface area contributed by atoms with Gasteiger partial charge in [-0.05, 0) is 58.4 Å². The number of aromatic nitrogens is 2. The molecule has 0 spiro atoms. The van der Waals surface area contributed by atoms with E-state index in [1.54, 1.807) is 4.68 Å². The molecule has 2 fully saturated rings. The lowest BCUT2D eigenvalue weighted by atomic mass is 10.1. The summed E-state index contributed by atoms with van der Waals surface area (Å²) in [6.07, 6.45) is 2.57. The summed E-state index contributed by atoms with van der Waals surface area (Å²) in [6, 6.07) is 5.79. The lowest BCUT2D eigenvalue weighted by molar-refractivity contribution is -0.154. The third-order valence-corrected chi connectivity index (χ3v) is 6.39. The van der Waals surface area contributed by atoms with Gasteiger partial charge in [-0.2, -0.15) is 5.10 Å². The van der Waals surface area contributed by atoms with Gasteiger partial charge in [-0.15, -0.1) is 0 Å². The van der Waals surface area contributed by atoms with Crippen LogP contribution in [-0.4, -0.2) is 77.5 Å². The molecular formula is C25H36N6O4. The van der Waals surface area contributed by atoms with Crippen LogP contribution in [0.3, 0.4) is 0 Å². The van der Waals surface area contributed by atoms with E-state index in [4.69, 9.17) is 4.74 Å². The minimum Gasteiger partial charge on any atom is -0.460 e. The molecule has 0 atom stereocenters. The molecule has 3 heterocycles. The van der Waals surface area contributed by atoms with E-state index in [2.05, 4.69) is 32.3 Å². The second-order valence-corrected chi connectivity index (χ2v) is 10.3. The number of ether oxygens (including phenoxy) is 1. The van der Waals surface area contributed by atoms with Crippen molar-refractivity contribution in [3.63, 3.8) is 0 Å². The highest BCUT2D eigenvalue weighted by molar-refractivity contribution is 6.09. The molecule has 1 aromatic heterocycles. The number of fused-ring (bicyclic) bond motifs is 1. The number of amides is 3. The van der Waals surface area contributed by atoms with Gasteiger partial charge >= 0.3 is 12.0 Å². The number of unbranched alkanes of at least 4 members (excludes halogenated alkanes) is 1. The van der Waals surface area contributed by atoms with Crippen LogP contribution in [0.5, 0.6) is 0 Å². The Morgan fingerprint density at radius 2 is 1.83 bits per heavy atom. The number of urea groups is 1. The molecule has 1 N–H and O–H groups in total. The van der Waals surface area contributed by atoms with E-state index in [9.17, 15) is 14.4 Å². The van der Waals surface area contributed by atoms with Crippen molar-refractivity contribution in [2.75, 3.05) is 49.1 Å². The Labute approximate surface area is 206 Å². The van der Waals surface area contributed by atoms with E-state index in [1.165, 1.54) is 4.90 Å². The zero-order chi connectivity index (χ0) is 25.2. The monoisotopic (exact) mass is 484 g/mol. The lowest BCUT2D eigenvalue weighted by Crippen LogP contribution is -2.49. The van der Waals surface area contributed by atoms with E-state index in [-0.39, 0.29) is 18.3 Å². The number of carbonyl (C=O) groups excluding carboxylic acids is 3. The Balaban J connectivity index is 1.30. The van der Waals surface area contributed by atoms with E-state index >= 15 is 0 Å². The molecule has 35 heavy (non-hydrogen) atoms.